The summed E-state index contributed by atoms with van der Waals surface area (Å²) >= 11 is 13.6. The minimum atomic E-state index is -0.535. The van der Waals surface area contributed by atoms with Crippen molar-refractivity contribution in [2.75, 3.05) is 30.0 Å². The highest BCUT2D eigenvalue weighted by atomic mass is 35.5. The molecule has 2 N–H and O–H groups in total. The molecule has 1 rings (SSSR count). The molecule has 0 unspecified atom stereocenters. The number of halogens is 2. The fourth-order valence-corrected chi connectivity index (χ4v) is 2.74. The molecule has 0 heterocycles. The van der Waals surface area contributed by atoms with Gasteiger partial charge >= 0.3 is 0 Å². The van der Waals surface area contributed by atoms with Gasteiger partial charge in [-0.3, -0.25) is 10.1 Å². The number of non-ortho nitro benzene ring substituents is 1. The van der Waals surface area contributed by atoms with Gasteiger partial charge in [0.05, 0.1) is 20.7 Å². The number of aliphatic hydroxyl groups is 1. The lowest BCUT2D eigenvalue weighted by atomic mass is 10.3. The van der Waals surface area contributed by atoms with E-state index >= 15 is 0 Å². The Morgan fingerprint density at radius 1 is 1.32 bits per heavy atom. The summed E-state index contributed by atoms with van der Waals surface area (Å²) in [4.78, 5) is 10.1. The number of nitro benzene ring substituents is 1. The Morgan fingerprint density at radius 3 is 2.47 bits per heavy atom. The summed E-state index contributed by atoms with van der Waals surface area (Å²) in [5.74, 6) is 1.73. The molecule has 0 aliphatic carbocycles. The zero-order valence-corrected chi connectivity index (χ0v) is 12.4. The standard InChI is InChI=1S/C11H14Cl2N2O3S/c12-9-6-8(15(17)18)7-10(13)11(9)14-2-5-19-4-1-3-16/h6-7,14,16H,1-5H2. The van der Waals surface area contributed by atoms with Gasteiger partial charge in [0.15, 0.2) is 0 Å². The van der Waals surface area contributed by atoms with Crippen LogP contribution in [0.1, 0.15) is 6.42 Å². The normalized spacial score (nSPS) is 10.5. The molecule has 0 aliphatic rings. The second-order valence-corrected chi connectivity index (χ2v) is 5.70. The molecule has 0 fully saturated rings. The topological polar surface area (TPSA) is 75.4 Å². The van der Waals surface area contributed by atoms with Crippen molar-refractivity contribution in [3.63, 3.8) is 0 Å². The van der Waals surface area contributed by atoms with E-state index < -0.39 is 4.92 Å². The summed E-state index contributed by atoms with van der Waals surface area (Å²) in [6.07, 6.45) is 0.768. The molecule has 0 spiro atoms. The summed E-state index contributed by atoms with van der Waals surface area (Å²) in [7, 11) is 0. The minimum Gasteiger partial charge on any atom is -0.396 e. The molecule has 0 aromatic heterocycles. The fraction of sp³-hybridized carbons (Fsp3) is 0.455. The zero-order valence-electron chi connectivity index (χ0n) is 10.1. The van der Waals surface area contributed by atoms with Crippen LogP contribution in [0.5, 0.6) is 0 Å². The molecule has 0 aliphatic heterocycles. The number of rotatable bonds is 8. The largest absolute Gasteiger partial charge is 0.396 e. The van der Waals surface area contributed by atoms with Crippen LogP contribution in [-0.4, -0.2) is 34.7 Å². The van der Waals surface area contributed by atoms with Crippen molar-refractivity contribution in [2.24, 2.45) is 0 Å². The molecule has 0 saturated heterocycles. The van der Waals surface area contributed by atoms with Crippen LogP contribution in [0, 0.1) is 10.1 Å². The molecule has 1 aromatic rings. The number of anilines is 1. The van der Waals surface area contributed by atoms with Gasteiger partial charge in [-0.1, -0.05) is 23.2 Å². The summed E-state index contributed by atoms with van der Waals surface area (Å²) in [6.45, 7) is 0.841. The van der Waals surface area contributed by atoms with E-state index in [1.807, 2.05) is 0 Å². The predicted molar refractivity (Wildman–Crippen MR) is 80.6 cm³/mol. The van der Waals surface area contributed by atoms with Gasteiger partial charge in [0, 0.05) is 31.0 Å². The van der Waals surface area contributed by atoms with Gasteiger partial charge < -0.3 is 10.4 Å². The van der Waals surface area contributed by atoms with Crippen LogP contribution in [0.2, 0.25) is 10.0 Å². The second-order valence-electron chi connectivity index (χ2n) is 3.66. The Morgan fingerprint density at radius 2 is 1.95 bits per heavy atom. The lowest BCUT2D eigenvalue weighted by Gasteiger charge is -2.10. The Bertz CT molecular complexity index is 423. The molecule has 106 valence electrons. The summed E-state index contributed by atoms with van der Waals surface area (Å²) < 4.78 is 0. The average Bonchev–Trinajstić information content (AvgIpc) is 2.35. The molecule has 0 bridgehead atoms. The number of thioether (sulfide) groups is 1. The van der Waals surface area contributed by atoms with E-state index in [0.717, 1.165) is 17.9 Å². The first-order valence-electron chi connectivity index (χ1n) is 5.62. The number of hydrogen-bond donors (Lipinski definition) is 2. The lowest BCUT2D eigenvalue weighted by Crippen LogP contribution is -2.06. The quantitative estimate of drug-likeness (QED) is 0.435. The monoisotopic (exact) mass is 324 g/mol. The molecule has 0 saturated carbocycles. The summed E-state index contributed by atoms with van der Waals surface area (Å²) in [5.41, 5.74) is 0.384. The molecular formula is C11H14Cl2N2O3S. The van der Waals surface area contributed by atoms with Crippen molar-refractivity contribution in [1.29, 1.82) is 0 Å². The van der Waals surface area contributed by atoms with Crippen molar-refractivity contribution in [1.82, 2.24) is 0 Å². The van der Waals surface area contributed by atoms with Gasteiger partial charge in [-0.05, 0) is 12.2 Å². The Kier molecular flexibility index (Phi) is 7.30. The molecule has 8 heteroatoms. The molecule has 19 heavy (non-hydrogen) atoms. The highest BCUT2D eigenvalue weighted by molar-refractivity contribution is 7.99. The maximum absolute atomic E-state index is 10.6. The molecule has 1 aromatic carbocycles. The van der Waals surface area contributed by atoms with Crippen LogP contribution >= 0.6 is 35.0 Å². The van der Waals surface area contributed by atoms with E-state index in [0.29, 0.717) is 12.2 Å². The van der Waals surface area contributed by atoms with Gasteiger partial charge in [0.2, 0.25) is 0 Å². The average molecular weight is 325 g/mol. The molecule has 5 nitrogen and oxygen atoms in total. The first-order chi connectivity index (χ1) is 9.06. The third-order valence-corrected chi connectivity index (χ3v) is 3.90. The van der Waals surface area contributed by atoms with Crippen LogP contribution in [0.4, 0.5) is 11.4 Å². The molecule has 0 amide bonds. The molecule has 0 radical (unpaired) electrons. The van der Waals surface area contributed by atoms with Gasteiger partial charge in [-0.15, -0.1) is 0 Å². The number of nitro groups is 1. The van der Waals surface area contributed by atoms with Crippen LogP contribution < -0.4 is 5.32 Å². The number of benzene rings is 1. The van der Waals surface area contributed by atoms with E-state index in [-0.39, 0.29) is 22.3 Å². The maximum Gasteiger partial charge on any atom is 0.272 e. The van der Waals surface area contributed by atoms with Gasteiger partial charge in [0.25, 0.3) is 5.69 Å². The van der Waals surface area contributed by atoms with Crippen molar-refractivity contribution < 1.29 is 10.0 Å². The van der Waals surface area contributed by atoms with Gasteiger partial charge in [-0.25, -0.2) is 0 Å². The Labute approximate surface area is 125 Å². The Hall–Kier alpha value is -0.690. The number of hydrogen-bond acceptors (Lipinski definition) is 5. The van der Waals surface area contributed by atoms with Crippen molar-refractivity contribution in [2.45, 2.75) is 6.42 Å². The highest BCUT2D eigenvalue weighted by Gasteiger charge is 2.14. The van der Waals surface area contributed by atoms with Crippen LogP contribution in [0.25, 0.3) is 0 Å². The van der Waals surface area contributed by atoms with Crippen molar-refractivity contribution in [3.8, 4) is 0 Å². The Balaban J connectivity index is 2.52. The number of aliphatic hydroxyl groups excluding tert-OH is 1. The molecule has 0 atom stereocenters. The fourth-order valence-electron chi connectivity index (χ4n) is 1.35. The third-order valence-electron chi connectivity index (χ3n) is 2.23. The SMILES string of the molecule is O=[N+]([O-])c1cc(Cl)c(NCCSCCCO)c(Cl)c1. The smallest absolute Gasteiger partial charge is 0.272 e. The third kappa shape index (κ3) is 5.44. The lowest BCUT2D eigenvalue weighted by molar-refractivity contribution is -0.384. The van der Waals surface area contributed by atoms with Gasteiger partial charge in [0.1, 0.15) is 0 Å². The van der Waals surface area contributed by atoms with E-state index in [9.17, 15) is 10.1 Å². The summed E-state index contributed by atoms with van der Waals surface area (Å²) in [6, 6.07) is 2.54. The minimum absolute atomic E-state index is 0.127. The summed E-state index contributed by atoms with van der Waals surface area (Å²) in [5, 5.41) is 22.8. The van der Waals surface area contributed by atoms with Crippen LogP contribution in [-0.2, 0) is 0 Å². The second kappa shape index (κ2) is 8.47. The van der Waals surface area contributed by atoms with E-state index in [2.05, 4.69) is 5.32 Å². The maximum atomic E-state index is 10.6. The van der Waals surface area contributed by atoms with Crippen molar-refractivity contribution >= 4 is 46.3 Å². The predicted octanol–water partition coefficient (Wildman–Crippen LogP) is 3.43. The van der Waals surface area contributed by atoms with Gasteiger partial charge in [-0.2, -0.15) is 11.8 Å². The first-order valence-corrected chi connectivity index (χ1v) is 7.53. The van der Waals surface area contributed by atoms with E-state index in [4.69, 9.17) is 28.3 Å². The van der Waals surface area contributed by atoms with E-state index in [1.54, 1.807) is 11.8 Å². The number of nitrogens with one attached hydrogen (secondary N) is 1. The van der Waals surface area contributed by atoms with Crippen molar-refractivity contribution in [3.05, 3.63) is 32.3 Å². The molecular weight excluding hydrogens is 311 g/mol. The van der Waals surface area contributed by atoms with Crippen LogP contribution in [0.3, 0.4) is 0 Å². The zero-order chi connectivity index (χ0) is 14.3. The van der Waals surface area contributed by atoms with Crippen LogP contribution in [0.15, 0.2) is 12.1 Å². The first kappa shape index (κ1) is 16.4. The number of nitrogens with zero attached hydrogens (tertiary/aromatic N) is 1. The van der Waals surface area contributed by atoms with E-state index in [1.165, 1.54) is 12.1 Å². The highest BCUT2D eigenvalue weighted by Crippen LogP contribution is 2.34.